The molecule has 0 saturated carbocycles. The summed E-state index contributed by atoms with van der Waals surface area (Å²) in [6, 6.07) is 7.64. The number of anilines is 1. The Morgan fingerprint density at radius 2 is 2.11 bits per heavy atom. The van der Waals surface area contributed by atoms with Crippen LogP contribution >= 0.6 is 0 Å². The number of nitrogens with zero attached hydrogens (tertiary/aromatic N) is 3. The number of carbonyl (C=O) groups is 1. The van der Waals surface area contributed by atoms with Crippen LogP contribution in [0.4, 0.5) is 5.82 Å². The first-order valence-corrected chi connectivity index (χ1v) is 6.31. The lowest BCUT2D eigenvalue weighted by atomic mass is 10.1. The van der Waals surface area contributed by atoms with Crippen LogP contribution in [0.2, 0.25) is 0 Å². The lowest BCUT2D eigenvalue weighted by Gasteiger charge is -2.28. The summed E-state index contributed by atoms with van der Waals surface area (Å²) in [6.07, 6.45) is 1.61. The molecule has 0 aliphatic carbocycles. The molecule has 0 bridgehead atoms. The van der Waals surface area contributed by atoms with Gasteiger partial charge in [0.05, 0.1) is 11.9 Å². The molecule has 1 aromatic carbocycles. The van der Waals surface area contributed by atoms with Gasteiger partial charge in [-0.15, -0.1) is 0 Å². The van der Waals surface area contributed by atoms with Crippen LogP contribution in [-0.2, 0) is 4.79 Å². The van der Waals surface area contributed by atoms with E-state index in [1.165, 1.54) is 6.33 Å². The minimum atomic E-state index is -0.802. The monoisotopic (exact) mass is 259 g/mol. The molecule has 0 fully saturated rings. The van der Waals surface area contributed by atoms with Crippen molar-refractivity contribution >= 4 is 22.7 Å². The molecule has 5 heteroatoms. The Morgan fingerprint density at radius 3 is 2.79 bits per heavy atom. The van der Waals surface area contributed by atoms with E-state index >= 15 is 0 Å². The van der Waals surface area contributed by atoms with Gasteiger partial charge in [-0.05, 0) is 26.0 Å². The molecule has 1 atom stereocenters. The van der Waals surface area contributed by atoms with Crippen molar-refractivity contribution < 1.29 is 9.90 Å². The Labute approximate surface area is 111 Å². The standard InChI is InChI=1S/C14H17N3O2/c1-3-17(10(2)8-13(18)19)14-11-6-4-5-7-12(11)15-9-16-14/h4-7,9-10H,3,8H2,1-2H3,(H,18,19). The molecule has 100 valence electrons. The number of aromatic nitrogens is 2. The zero-order valence-corrected chi connectivity index (χ0v) is 11.1. The van der Waals surface area contributed by atoms with Crippen LogP contribution in [0, 0.1) is 0 Å². The van der Waals surface area contributed by atoms with E-state index in [1.54, 1.807) is 0 Å². The zero-order chi connectivity index (χ0) is 13.8. The van der Waals surface area contributed by atoms with Gasteiger partial charge >= 0.3 is 5.97 Å². The fourth-order valence-electron chi connectivity index (χ4n) is 2.25. The minimum Gasteiger partial charge on any atom is -0.481 e. The van der Waals surface area contributed by atoms with E-state index in [9.17, 15) is 4.79 Å². The summed E-state index contributed by atoms with van der Waals surface area (Å²) in [6.45, 7) is 4.60. The van der Waals surface area contributed by atoms with Gasteiger partial charge in [0.25, 0.3) is 0 Å². The number of benzene rings is 1. The number of carboxylic acid groups (broad SMARTS) is 1. The van der Waals surface area contributed by atoms with Crippen molar-refractivity contribution in [3.05, 3.63) is 30.6 Å². The van der Waals surface area contributed by atoms with Crippen molar-refractivity contribution in [3.63, 3.8) is 0 Å². The number of hydrogen-bond donors (Lipinski definition) is 1. The third kappa shape index (κ3) is 2.81. The van der Waals surface area contributed by atoms with Gasteiger partial charge in [-0.3, -0.25) is 4.79 Å². The molecule has 0 radical (unpaired) electrons. The summed E-state index contributed by atoms with van der Waals surface area (Å²) in [5.74, 6) is -0.00818. The molecule has 0 amide bonds. The average Bonchev–Trinajstić information content (AvgIpc) is 2.39. The van der Waals surface area contributed by atoms with Crippen LogP contribution in [0.15, 0.2) is 30.6 Å². The van der Waals surface area contributed by atoms with E-state index in [0.717, 1.165) is 16.7 Å². The summed E-state index contributed by atoms with van der Waals surface area (Å²) >= 11 is 0. The van der Waals surface area contributed by atoms with Crippen LogP contribution in [0.3, 0.4) is 0 Å². The second-order valence-corrected chi connectivity index (χ2v) is 4.45. The lowest BCUT2D eigenvalue weighted by molar-refractivity contribution is -0.137. The number of para-hydroxylation sites is 1. The molecule has 0 saturated heterocycles. The highest BCUT2D eigenvalue weighted by molar-refractivity contribution is 5.89. The molecule has 1 unspecified atom stereocenters. The Bertz CT molecular complexity index is 580. The van der Waals surface area contributed by atoms with Gasteiger partial charge in [0, 0.05) is 18.0 Å². The van der Waals surface area contributed by atoms with Crippen molar-refractivity contribution in [2.75, 3.05) is 11.4 Å². The normalized spacial score (nSPS) is 12.3. The van der Waals surface area contributed by atoms with E-state index in [1.807, 2.05) is 43.0 Å². The maximum absolute atomic E-state index is 10.9. The number of carboxylic acids is 1. The third-order valence-corrected chi connectivity index (χ3v) is 3.14. The van der Waals surface area contributed by atoms with Crippen molar-refractivity contribution in [1.29, 1.82) is 0 Å². The highest BCUT2D eigenvalue weighted by Gasteiger charge is 2.19. The third-order valence-electron chi connectivity index (χ3n) is 3.14. The molecule has 2 aromatic rings. The van der Waals surface area contributed by atoms with Crippen LogP contribution in [0.1, 0.15) is 20.3 Å². The number of hydrogen-bond acceptors (Lipinski definition) is 4. The molecule has 1 heterocycles. The van der Waals surface area contributed by atoms with Gasteiger partial charge in [0.1, 0.15) is 12.1 Å². The molecule has 0 aliphatic rings. The highest BCUT2D eigenvalue weighted by Crippen LogP contribution is 2.24. The smallest absolute Gasteiger partial charge is 0.305 e. The van der Waals surface area contributed by atoms with Gasteiger partial charge in [-0.25, -0.2) is 9.97 Å². The molecular formula is C14H17N3O2. The Kier molecular flexibility index (Phi) is 3.94. The van der Waals surface area contributed by atoms with E-state index in [-0.39, 0.29) is 12.5 Å². The van der Waals surface area contributed by atoms with Crippen molar-refractivity contribution in [1.82, 2.24) is 9.97 Å². The molecule has 1 aromatic heterocycles. The largest absolute Gasteiger partial charge is 0.481 e. The van der Waals surface area contributed by atoms with E-state index in [4.69, 9.17) is 5.11 Å². The predicted octanol–water partition coefficient (Wildman–Crippen LogP) is 2.32. The first-order chi connectivity index (χ1) is 9.13. The number of rotatable bonds is 5. The molecule has 19 heavy (non-hydrogen) atoms. The van der Waals surface area contributed by atoms with Gasteiger partial charge in [-0.1, -0.05) is 12.1 Å². The minimum absolute atomic E-state index is 0.0895. The first-order valence-electron chi connectivity index (χ1n) is 6.31. The van der Waals surface area contributed by atoms with Crippen LogP contribution in [0.25, 0.3) is 10.9 Å². The zero-order valence-electron chi connectivity index (χ0n) is 11.1. The number of aliphatic carboxylic acids is 1. The Morgan fingerprint density at radius 1 is 1.37 bits per heavy atom. The van der Waals surface area contributed by atoms with E-state index in [0.29, 0.717) is 6.54 Å². The van der Waals surface area contributed by atoms with Gasteiger partial charge < -0.3 is 10.0 Å². The Hall–Kier alpha value is -2.17. The molecule has 2 rings (SSSR count). The molecule has 1 N–H and O–H groups in total. The Balaban J connectivity index is 2.43. The lowest BCUT2D eigenvalue weighted by Crippen LogP contribution is -2.35. The molecular weight excluding hydrogens is 242 g/mol. The topological polar surface area (TPSA) is 66.3 Å². The summed E-state index contributed by atoms with van der Waals surface area (Å²) in [5, 5.41) is 9.88. The van der Waals surface area contributed by atoms with Crippen LogP contribution < -0.4 is 4.90 Å². The van der Waals surface area contributed by atoms with Crippen LogP contribution in [0.5, 0.6) is 0 Å². The molecule has 5 nitrogen and oxygen atoms in total. The second-order valence-electron chi connectivity index (χ2n) is 4.45. The maximum atomic E-state index is 10.9. The summed E-state index contributed by atoms with van der Waals surface area (Å²) in [5.41, 5.74) is 0.869. The summed E-state index contributed by atoms with van der Waals surface area (Å²) in [7, 11) is 0. The van der Waals surface area contributed by atoms with E-state index in [2.05, 4.69) is 9.97 Å². The summed E-state index contributed by atoms with van der Waals surface area (Å²) in [4.78, 5) is 21.4. The molecule has 0 spiro atoms. The van der Waals surface area contributed by atoms with Gasteiger partial charge in [0.2, 0.25) is 0 Å². The fraction of sp³-hybridized carbons (Fsp3) is 0.357. The van der Waals surface area contributed by atoms with Crippen molar-refractivity contribution in [3.8, 4) is 0 Å². The van der Waals surface area contributed by atoms with Gasteiger partial charge in [-0.2, -0.15) is 0 Å². The van der Waals surface area contributed by atoms with Crippen LogP contribution in [-0.4, -0.2) is 33.6 Å². The van der Waals surface area contributed by atoms with Gasteiger partial charge in [0.15, 0.2) is 0 Å². The molecule has 0 aliphatic heterocycles. The average molecular weight is 259 g/mol. The fourth-order valence-corrected chi connectivity index (χ4v) is 2.25. The second kappa shape index (κ2) is 5.65. The van der Waals surface area contributed by atoms with Crippen molar-refractivity contribution in [2.45, 2.75) is 26.3 Å². The van der Waals surface area contributed by atoms with Crippen molar-refractivity contribution in [2.24, 2.45) is 0 Å². The predicted molar refractivity (Wildman–Crippen MR) is 74.3 cm³/mol. The first kappa shape index (κ1) is 13.3. The quantitative estimate of drug-likeness (QED) is 0.892. The maximum Gasteiger partial charge on any atom is 0.305 e. The van der Waals surface area contributed by atoms with E-state index < -0.39 is 5.97 Å². The number of fused-ring (bicyclic) bond motifs is 1. The SMILES string of the molecule is CCN(c1ncnc2ccccc12)C(C)CC(=O)O. The highest BCUT2D eigenvalue weighted by atomic mass is 16.4. The summed E-state index contributed by atoms with van der Waals surface area (Å²) < 4.78 is 0.